The van der Waals surface area contributed by atoms with Gasteiger partial charge in [-0.25, -0.2) is 19.9 Å². The summed E-state index contributed by atoms with van der Waals surface area (Å²) in [7, 11) is 0. The maximum Gasteiger partial charge on any atom is 0.377 e. The fourth-order valence-corrected chi connectivity index (χ4v) is 7.28. The van der Waals surface area contributed by atoms with Crippen molar-refractivity contribution in [1.82, 2.24) is 29.9 Å². The molecule has 3 aromatic heterocycles. The number of aromatic nitrogens is 6. The Hall–Kier alpha value is -5.19. The van der Waals surface area contributed by atoms with Crippen molar-refractivity contribution in [2.45, 2.75) is 6.92 Å². The van der Waals surface area contributed by atoms with Gasteiger partial charge in [-0.1, -0.05) is 127 Å². The molecule has 0 N–H and O–H groups in total. The van der Waals surface area contributed by atoms with E-state index in [-0.39, 0.29) is 0 Å². The van der Waals surface area contributed by atoms with E-state index in [1.54, 1.807) is 11.3 Å². The van der Waals surface area contributed by atoms with Gasteiger partial charge in [-0.15, -0.1) is 11.3 Å². The fourth-order valence-electron chi connectivity index (χ4n) is 5.66. The van der Waals surface area contributed by atoms with Crippen molar-refractivity contribution in [2.75, 3.05) is 0 Å². The topological polar surface area (TPSA) is 77.3 Å². The third-order valence-corrected chi connectivity index (χ3v) is 9.57. The van der Waals surface area contributed by atoms with Crippen LogP contribution in [0.3, 0.4) is 0 Å². The summed E-state index contributed by atoms with van der Waals surface area (Å²) in [6.45, 7) is 1.92. The molecule has 8 rings (SSSR count). The molecule has 0 fully saturated rings. The Morgan fingerprint density at radius 1 is 0.447 bits per heavy atom. The molecule has 0 saturated heterocycles. The van der Waals surface area contributed by atoms with E-state index < -0.39 is 0 Å². The number of hydrogen-bond acceptors (Lipinski definition) is 7. The van der Waals surface area contributed by atoms with E-state index in [1.807, 2.05) is 96.2 Å². The molecule has 0 bridgehead atoms. The van der Waals surface area contributed by atoms with Gasteiger partial charge >= 0.3 is 26.4 Å². The predicted octanol–water partition coefficient (Wildman–Crippen LogP) is 6.04. The molecule has 0 aliphatic heterocycles. The number of halogens is 1. The summed E-state index contributed by atoms with van der Waals surface area (Å²) >= 11 is 3.54. The predicted molar refractivity (Wildman–Crippen MR) is 186 cm³/mol. The number of fused-ring (bicyclic) bond motifs is 1. The van der Waals surface area contributed by atoms with Crippen LogP contribution >= 0.6 is 11.3 Å². The van der Waals surface area contributed by atoms with Crippen LogP contribution in [0.15, 0.2) is 133 Å². The molecule has 5 aromatic carbocycles. The maximum absolute atomic E-state index is 4.88. The zero-order valence-corrected chi connectivity index (χ0v) is 28.3. The molecule has 47 heavy (non-hydrogen) atoms. The summed E-state index contributed by atoms with van der Waals surface area (Å²) < 4.78 is 1.89. The molecule has 0 amide bonds. The quantitative estimate of drug-likeness (QED) is 0.194. The van der Waals surface area contributed by atoms with Crippen LogP contribution in [0.4, 0.5) is 0 Å². The van der Waals surface area contributed by atoms with Crippen LogP contribution in [-0.4, -0.2) is 29.9 Å². The van der Waals surface area contributed by atoms with Gasteiger partial charge in [0.2, 0.25) is 0 Å². The lowest BCUT2D eigenvalue weighted by molar-refractivity contribution is -0.346. The van der Waals surface area contributed by atoms with Gasteiger partial charge in [-0.2, -0.15) is 9.97 Å². The fraction of sp³-hybridized carbons (Fsp3) is 0.0256. The van der Waals surface area contributed by atoms with Crippen molar-refractivity contribution in [2.24, 2.45) is 0 Å². The molecule has 8 aromatic rings. The smallest absolute Gasteiger partial charge is 0.213 e. The highest BCUT2D eigenvalue weighted by atomic mass is 127. The minimum absolute atomic E-state index is 0.665. The highest BCUT2D eigenvalue weighted by Crippen LogP contribution is 2.39. The van der Waals surface area contributed by atoms with E-state index in [0.29, 0.717) is 33.0 Å². The standard InChI is InChI=1S/C39H26IN6S/c1-24-41-35(27-11-4-2-5-12-27)44-38(42-24)33-23-29-15-10-18-31(34(29)47-33)26-21-19-25(20-22-26)30-16-8-9-17-32(30)37-43-36(45-39(40)46-37)28-13-6-3-7-14-28/h2-23,40H,1H3/q+1. The molecular weight excluding hydrogens is 711 g/mol. The highest BCUT2D eigenvalue weighted by Gasteiger charge is 2.17. The second-order valence-electron chi connectivity index (χ2n) is 11.0. The van der Waals surface area contributed by atoms with E-state index in [9.17, 15) is 0 Å². The lowest BCUT2D eigenvalue weighted by Gasteiger charge is -2.11. The van der Waals surface area contributed by atoms with Gasteiger partial charge in [0.15, 0.2) is 23.3 Å². The van der Waals surface area contributed by atoms with Crippen LogP contribution < -0.4 is 22.6 Å². The molecule has 6 nitrogen and oxygen atoms in total. The lowest BCUT2D eigenvalue weighted by atomic mass is 9.96. The zero-order valence-electron chi connectivity index (χ0n) is 25.2. The van der Waals surface area contributed by atoms with Crippen molar-refractivity contribution in [1.29, 1.82) is 0 Å². The summed E-state index contributed by atoms with van der Waals surface area (Å²) in [6.07, 6.45) is 0. The van der Waals surface area contributed by atoms with E-state index in [0.717, 1.165) is 43.6 Å². The van der Waals surface area contributed by atoms with Crippen molar-refractivity contribution < 1.29 is 22.6 Å². The number of hydrogen-bond donors (Lipinski definition) is 0. The van der Waals surface area contributed by atoms with Gasteiger partial charge in [0, 0.05) is 21.4 Å². The van der Waals surface area contributed by atoms with E-state index in [4.69, 9.17) is 19.9 Å². The van der Waals surface area contributed by atoms with E-state index >= 15 is 0 Å². The van der Waals surface area contributed by atoms with Crippen molar-refractivity contribution in [3.05, 3.63) is 143 Å². The minimum Gasteiger partial charge on any atom is -0.213 e. The van der Waals surface area contributed by atoms with Crippen molar-refractivity contribution >= 4 is 21.4 Å². The molecule has 224 valence electrons. The number of rotatable bonds is 6. The Morgan fingerprint density at radius 2 is 0.979 bits per heavy atom. The summed E-state index contributed by atoms with van der Waals surface area (Å²) in [4.78, 5) is 29.4. The molecule has 0 saturated carbocycles. The van der Waals surface area contributed by atoms with Crippen LogP contribution in [0.1, 0.15) is 5.82 Å². The number of benzene rings is 5. The van der Waals surface area contributed by atoms with Gasteiger partial charge in [-0.05, 0) is 40.6 Å². The van der Waals surface area contributed by atoms with E-state index in [2.05, 4.69) is 76.7 Å². The molecule has 0 aliphatic carbocycles. The number of nitrogens with zero attached hydrogens (tertiary/aromatic N) is 6. The van der Waals surface area contributed by atoms with Gasteiger partial charge in [0.05, 0.1) is 4.88 Å². The maximum atomic E-state index is 4.88. The second kappa shape index (κ2) is 12.5. The molecule has 0 unspecified atom stereocenters. The van der Waals surface area contributed by atoms with E-state index in [1.165, 1.54) is 10.3 Å². The van der Waals surface area contributed by atoms with Crippen LogP contribution in [0, 0.1) is 10.8 Å². The van der Waals surface area contributed by atoms with Crippen LogP contribution in [-0.2, 0) is 0 Å². The summed E-state index contributed by atoms with van der Waals surface area (Å²) in [5.74, 6) is 3.42. The molecule has 0 atom stereocenters. The summed E-state index contributed by atoms with van der Waals surface area (Å²) in [6, 6.07) is 45.7. The minimum atomic E-state index is 0.665. The highest BCUT2D eigenvalue weighted by molar-refractivity contribution is 7.22. The Bertz CT molecular complexity index is 2370. The third kappa shape index (κ3) is 5.93. The Labute approximate surface area is 289 Å². The average molecular weight is 738 g/mol. The summed E-state index contributed by atoms with van der Waals surface area (Å²) in [5, 5.41) is 1.16. The first-order chi connectivity index (χ1) is 23.1. The number of thiophene rings is 1. The largest absolute Gasteiger partial charge is 0.377 e. The van der Waals surface area contributed by atoms with Crippen molar-refractivity contribution in [3.8, 4) is 67.1 Å². The Morgan fingerprint density at radius 3 is 1.68 bits per heavy atom. The molecule has 0 radical (unpaired) electrons. The first kappa shape index (κ1) is 29.2. The molecule has 0 spiro atoms. The molecular formula is C39H26IN6S+. The van der Waals surface area contributed by atoms with Gasteiger partial charge in [-0.3, -0.25) is 0 Å². The SMILES string of the molecule is Cc1nc(-c2ccccc2)nc(-c2cc3cccc(-c4ccc(-c5ccccc5-c5nc([IH+])nc(-c6ccccc6)n5)cc4)c3s2)n1. The zero-order chi connectivity index (χ0) is 31.7. The van der Waals surface area contributed by atoms with Crippen LogP contribution in [0.5, 0.6) is 0 Å². The monoisotopic (exact) mass is 737 g/mol. The Kier molecular flexibility index (Phi) is 7.80. The van der Waals surface area contributed by atoms with Crippen LogP contribution in [0.2, 0.25) is 0 Å². The first-order valence-electron chi connectivity index (χ1n) is 15.1. The molecule has 8 heteroatoms. The van der Waals surface area contributed by atoms with Crippen LogP contribution in [0.25, 0.3) is 77.2 Å². The lowest BCUT2D eigenvalue weighted by Crippen LogP contribution is -3.34. The average Bonchev–Trinajstić information content (AvgIpc) is 3.57. The Balaban J connectivity index is 1.15. The second-order valence-corrected chi connectivity index (χ2v) is 13.1. The van der Waals surface area contributed by atoms with Gasteiger partial charge in [0.25, 0.3) is 0 Å². The number of aryl methyl sites for hydroxylation is 1. The van der Waals surface area contributed by atoms with Gasteiger partial charge < -0.3 is 0 Å². The molecule has 3 heterocycles. The molecule has 0 aliphatic rings. The normalized spacial score (nSPS) is 11.2. The van der Waals surface area contributed by atoms with Gasteiger partial charge in [0.1, 0.15) is 5.82 Å². The summed E-state index contributed by atoms with van der Waals surface area (Å²) in [5.41, 5.74) is 7.40. The first-order valence-corrected chi connectivity index (χ1v) is 17.1. The van der Waals surface area contributed by atoms with Crippen molar-refractivity contribution in [3.63, 3.8) is 0 Å². The third-order valence-electron chi connectivity index (χ3n) is 7.87.